The molecule has 0 atom stereocenters. The molecule has 7 aromatic rings. The van der Waals surface area contributed by atoms with Gasteiger partial charge in [-0.05, 0) is 41.5 Å². The van der Waals surface area contributed by atoms with E-state index < -0.39 is 0 Å². The lowest BCUT2D eigenvalue weighted by molar-refractivity contribution is 0.673. The summed E-state index contributed by atoms with van der Waals surface area (Å²) in [7, 11) is 0. The van der Waals surface area contributed by atoms with E-state index in [-0.39, 0.29) is 0 Å². The quantitative estimate of drug-likeness (QED) is 0.272. The molecule has 3 aromatic carbocycles. The minimum atomic E-state index is 0.851. The molecular weight excluding hydrogens is 406 g/mol. The van der Waals surface area contributed by atoms with Gasteiger partial charge in [-0.15, -0.1) is 0 Å². The molecule has 0 spiro atoms. The van der Waals surface area contributed by atoms with Gasteiger partial charge in [0, 0.05) is 40.3 Å². The van der Waals surface area contributed by atoms with Crippen molar-refractivity contribution in [3.8, 4) is 22.4 Å². The predicted molar refractivity (Wildman–Crippen MR) is 133 cm³/mol. The summed E-state index contributed by atoms with van der Waals surface area (Å²) in [4.78, 5) is 13.9. The number of para-hydroxylation sites is 1. The second kappa shape index (κ2) is 6.97. The molecule has 4 heteroatoms. The zero-order chi connectivity index (χ0) is 21.8. The zero-order valence-corrected chi connectivity index (χ0v) is 17.6. The standard InChI is InChI=1S/C29H17N3O/c1-2-8-25-21(6-1)22-13-14-23-26(29(22)33-25)28-24(7-4-16-31-28)32-27(23)19-11-9-18(10-12-19)20-5-3-15-30-17-20/h1-17H. The van der Waals surface area contributed by atoms with E-state index >= 15 is 0 Å². The van der Waals surface area contributed by atoms with Crippen LogP contribution in [0.1, 0.15) is 0 Å². The first-order valence-corrected chi connectivity index (χ1v) is 10.9. The largest absolute Gasteiger partial charge is 0.455 e. The highest BCUT2D eigenvalue weighted by atomic mass is 16.3. The number of nitrogens with zero attached hydrogens (tertiary/aromatic N) is 3. The van der Waals surface area contributed by atoms with Crippen LogP contribution in [0.25, 0.3) is 66.1 Å². The Morgan fingerprint density at radius 2 is 1.42 bits per heavy atom. The molecule has 0 saturated carbocycles. The number of hydrogen-bond acceptors (Lipinski definition) is 4. The molecule has 0 radical (unpaired) electrons. The third-order valence-corrected chi connectivity index (χ3v) is 6.21. The molecule has 154 valence electrons. The van der Waals surface area contributed by atoms with Crippen LogP contribution >= 0.6 is 0 Å². The molecule has 33 heavy (non-hydrogen) atoms. The van der Waals surface area contributed by atoms with E-state index in [4.69, 9.17) is 9.40 Å². The van der Waals surface area contributed by atoms with Gasteiger partial charge in [-0.25, -0.2) is 4.98 Å². The summed E-state index contributed by atoms with van der Waals surface area (Å²) in [6.07, 6.45) is 5.48. The lowest BCUT2D eigenvalue weighted by Crippen LogP contribution is -1.92. The number of benzene rings is 3. The van der Waals surface area contributed by atoms with Gasteiger partial charge in [0.2, 0.25) is 0 Å². The van der Waals surface area contributed by atoms with Gasteiger partial charge in [-0.2, -0.15) is 0 Å². The summed E-state index contributed by atoms with van der Waals surface area (Å²) in [6.45, 7) is 0. The fourth-order valence-electron chi connectivity index (χ4n) is 4.66. The van der Waals surface area contributed by atoms with E-state index in [1.807, 2.05) is 48.8 Å². The van der Waals surface area contributed by atoms with Crippen LogP contribution in [-0.4, -0.2) is 15.0 Å². The van der Waals surface area contributed by atoms with Crippen LogP contribution in [0.15, 0.2) is 108 Å². The topological polar surface area (TPSA) is 51.8 Å². The molecule has 0 amide bonds. The van der Waals surface area contributed by atoms with E-state index in [1.54, 1.807) is 6.20 Å². The first-order valence-electron chi connectivity index (χ1n) is 10.9. The van der Waals surface area contributed by atoms with Crippen molar-refractivity contribution in [2.75, 3.05) is 0 Å². The van der Waals surface area contributed by atoms with Crippen LogP contribution in [0.5, 0.6) is 0 Å². The second-order valence-corrected chi connectivity index (χ2v) is 8.11. The Bertz CT molecular complexity index is 1800. The highest BCUT2D eigenvalue weighted by Gasteiger charge is 2.17. The van der Waals surface area contributed by atoms with Crippen LogP contribution in [0.2, 0.25) is 0 Å². The predicted octanol–water partition coefficient (Wildman–Crippen LogP) is 7.41. The van der Waals surface area contributed by atoms with Gasteiger partial charge in [0.1, 0.15) is 16.7 Å². The Labute approximate surface area is 189 Å². The smallest absolute Gasteiger partial charge is 0.145 e. The molecule has 4 aromatic heterocycles. The number of pyridine rings is 3. The van der Waals surface area contributed by atoms with Gasteiger partial charge in [-0.3, -0.25) is 9.97 Å². The van der Waals surface area contributed by atoms with Crippen molar-refractivity contribution in [3.63, 3.8) is 0 Å². The molecular formula is C29H17N3O. The highest BCUT2D eigenvalue weighted by molar-refractivity contribution is 6.23. The summed E-state index contributed by atoms with van der Waals surface area (Å²) >= 11 is 0. The molecule has 4 nitrogen and oxygen atoms in total. The summed E-state index contributed by atoms with van der Waals surface area (Å²) in [5.41, 5.74) is 7.62. The van der Waals surface area contributed by atoms with E-state index in [0.29, 0.717) is 0 Å². The van der Waals surface area contributed by atoms with Crippen molar-refractivity contribution in [2.45, 2.75) is 0 Å². The molecule has 0 aliphatic carbocycles. The minimum absolute atomic E-state index is 0.851. The summed E-state index contributed by atoms with van der Waals surface area (Å²) in [5.74, 6) is 0. The van der Waals surface area contributed by atoms with Gasteiger partial charge in [0.15, 0.2) is 0 Å². The minimum Gasteiger partial charge on any atom is -0.455 e. The third kappa shape index (κ3) is 2.74. The molecule has 7 rings (SSSR count). The van der Waals surface area contributed by atoms with Crippen molar-refractivity contribution >= 4 is 43.7 Å². The van der Waals surface area contributed by atoms with Crippen LogP contribution in [0, 0.1) is 0 Å². The maximum atomic E-state index is 6.37. The first kappa shape index (κ1) is 18.0. The fraction of sp³-hybridized carbons (Fsp3) is 0. The van der Waals surface area contributed by atoms with E-state index in [2.05, 4.69) is 58.5 Å². The van der Waals surface area contributed by atoms with Crippen LogP contribution in [0.3, 0.4) is 0 Å². The Morgan fingerprint density at radius 1 is 0.606 bits per heavy atom. The molecule has 0 aliphatic rings. The number of fused-ring (bicyclic) bond motifs is 7. The normalized spacial score (nSPS) is 11.6. The summed E-state index contributed by atoms with van der Waals surface area (Å²) < 4.78 is 6.37. The monoisotopic (exact) mass is 423 g/mol. The Hall–Kier alpha value is -4.57. The van der Waals surface area contributed by atoms with Crippen LogP contribution in [0.4, 0.5) is 0 Å². The molecule has 0 saturated heterocycles. The SMILES string of the molecule is c1cncc(-c2ccc(-c3nc4cccnc4c4c3ccc3c5ccccc5oc34)cc2)c1. The maximum Gasteiger partial charge on any atom is 0.145 e. The average Bonchev–Trinajstić information content (AvgIpc) is 3.27. The second-order valence-electron chi connectivity index (χ2n) is 8.11. The van der Waals surface area contributed by atoms with Crippen molar-refractivity contribution in [1.29, 1.82) is 0 Å². The number of rotatable bonds is 2. The van der Waals surface area contributed by atoms with Gasteiger partial charge in [0.05, 0.1) is 16.6 Å². The Morgan fingerprint density at radius 3 is 2.30 bits per heavy atom. The lowest BCUT2D eigenvalue weighted by atomic mass is 9.98. The van der Waals surface area contributed by atoms with Crippen molar-refractivity contribution in [3.05, 3.63) is 104 Å². The van der Waals surface area contributed by atoms with Crippen molar-refractivity contribution < 1.29 is 4.42 Å². The molecule has 4 heterocycles. The van der Waals surface area contributed by atoms with E-state index in [0.717, 1.165) is 66.1 Å². The maximum absolute atomic E-state index is 6.37. The summed E-state index contributed by atoms with van der Waals surface area (Å²) in [5, 5.41) is 4.23. The number of furan rings is 1. The van der Waals surface area contributed by atoms with Crippen LogP contribution in [-0.2, 0) is 0 Å². The third-order valence-electron chi connectivity index (χ3n) is 6.21. The Kier molecular flexibility index (Phi) is 3.81. The van der Waals surface area contributed by atoms with Crippen molar-refractivity contribution in [2.24, 2.45) is 0 Å². The van der Waals surface area contributed by atoms with E-state index in [9.17, 15) is 0 Å². The molecule has 0 unspecified atom stereocenters. The molecule has 0 fully saturated rings. The average molecular weight is 423 g/mol. The lowest BCUT2D eigenvalue weighted by Gasteiger charge is -2.10. The van der Waals surface area contributed by atoms with Gasteiger partial charge >= 0.3 is 0 Å². The zero-order valence-electron chi connectivity index (χ0n) is 17.6. The summed E-state index contributed by atoms with van der Waals surface area (Å²) in [6, 6.07) is 28.9. The highest BCUT2D eigenvalue weighted by Crippen LogP contribution is 2.40. The van der Waals surface area contributed by atoms with Gasteiger partial charge in [-0.1, -0.05) is 54.6 Å². The fourth-order valence-corrected chi connectivity index (χ4v) is 4.66. The van der Waals surface area contributed by atoms with Crippen LogP contribution < -0.4 is 0 Å². The van der Waals surface area contributed by atoms with Gasteiger partial charge < -0.3 is 4.42 Å². The van der Waals surface area contributed by atoms with E-state index in [1.165, 1.54) is 0 Å². The Balaban J connectivity index is 1.54. The molecule has 0 aliphatic heterocycles. The number of aromatic nitrogens is 3. The number of hydrogen-bond donors (Lipinski definition) is 0. The van der Waals surface area contributed by atoms with Gasteiger partial charge in [0.25, 0.3) is 0 Å². The first-order chi connectivity index (χ1) is 16.4. The molecule has 0 N–H and O–H groups in total. The van der Waals surface area contributed by atoms with Crippen molar-refractivity contribution in [1.82, 2.24) is 15.0 Å². The molecule has 0 bridgehead atoms.